The van der Waals surface area contributed by atoms with Gasteiger partial charge in [0.05, 0.1) is 0 Å². The molecule has 0 spiro atoms. The molecule has 14 heavy (non-hydrogen) atoms. The van der Waals surface area contributed by atoms with Crippen LogP contribution >= 0.6 is 0 Å². The Morgan fingerprint density at radius 1 is 1.36 bits per heavy atom. The maximum Gasteiger partial charge on any atom is 0.253 e. The molecule has 0 saturated heterocycles. The lowest BCUT2D eigenvalue weighted by molar-refractivity contribution is 0.0827. The molecule has 3 heteroatoms. The quantitative estimate of drug-likeness (QED) is 0.686. The summed E-state index contributed by atoms with van der Waals surface area (Å²) >= 11 is 0. The summed E-state index contributed by atoms with van der Waals surface area (Å²) in [6, 6.07) is 1.73. The largest absolute Gasteiger partial charge is 0.345 e. The van der Waals surface area contributed by atoms with Gasteiger partial charge in [-0.25, -0.2) is 0 Å². The van der Waals surface area contributed by atoms with Crippen molar-refractivity contribution in [2.24, 2.45) is 0 Å². The highest BCUT2D eigenvalue weighted by Gasteiger charge is 2.09. The molecule has 0 saturated carbocycles. The molecule has 0 aliphatic carbocycles. The lowest BCUT2D eigenvalue weighted by Gasteiger charge is -2.11. The second kappa shape index (κ2) is 6.13. The minimum Gasteiger partial charge on any atom is -0.345 e. The number of hydrogen-bond donors (Lipinski definition) is 0. The van der Waals surface area contributed by atoms with Gasteiger partial charge in [0.25, 0.3) is 5.91 Å². The van der Waals surface area contributed by atoms with E-state index >= 15 is 0 Å². The van der Waals surface area contributed by atoms with Crippen LogP contribution in [0.2, 0.25) is 0 Å². The number of aromatic nitrogens is 1. The smallest absolute Gasteiger partial charge is 0.253 e. The predicted octanol–water partition coefficient (Wildman–Crippen LogP) is 2.12. The van der Waals surface area contributed by atoms with E-state index < -0.39 is 0 Å². The molecule has 0 atom stereocenters. The maximum absolute atomic E-state index is 11.5. The van der Waals surface area contributed by atoms with E-state index in [1.165, 1.54) is 0 Å². The summed E-state index contributed by atoms with van der Waals surface area (Å²) < 4.78 is 0. The summed E-state index contributed by atoms with van der Waals surface area (Å²) in [6.07, 6.45) is 3.32. The van der Waals surface area contributed by atoms with Crippen LogP contribution in [0.3, 0.4) is 0 Å². The van der Waals surface area contributed by atoms with Crippen LogP contribution in [0.25, 0.3) is 0 Å². The zero-order valence-electron chi connectivity index (χ0n) is 9.53. The van der Waals surface area contributed by atoms with E-state index in [9.17, 15) is 4.79 Å². The van der Waals surface area contributed by atoms with Gasteiger partial charge in [-0.05, 0) is 18.6 Å². The molecule has 1 amide bonds. The molecule has 0 fully saturated rings. The number of hydrogen-bond acceptors (Lipinski definition) is 2. The number of amides is 1. The molecule has 0 aliphatic rings. The number of aryl methyl sites for hydroxylation is 1. The molecule has 3 nitrogen and oxygen atoms in total. The monoisotopic (exact) mass is 194 g/mol. The van der Waals surface area contributed by atoms with E-state index in [2.05, 4.69) is 4.98 Å². The number of pyridine rings is 1. The SMILES string of the molecule is CC.Cc1cnccc1C(=O)N(C)C. The lowest BCUT2D eigenvalue weighted by Crippen LogP contribution is -2.22. The third-order valence-electron chi connectivity index (χ3n) is 1.66. The van der Waals surface area contributed by atoms with Crippen molar-refractivity contribution in [1.29, 1.82) is 0 Å². The van der Waals surface area contributed by atoms with Crippen molar-refractivity contribution in [3.8, 4) is 0 Å². The van der Waals surface area contributed by atoms with Gasteiger partial charge in [-0.1, -0.05) is 13.8 Å². The Hall–Kier alpha value is -1.38. The Morgan fingerprint density at radius 3 is 2.36 bits per heavy atom. The fraction of sp³-hybridized carbons (Fsp3) is 0.455. The summed E-state index contributed by atoms with van der Waals surface area (Å²) in [7, 11) is 3.48. The first kappa shape index (κ1) is 12.6. The van der Waals surface area contributed by atoms with Gasteiger partial charge in [0.1, 0.15) is 0 Å². The van der Waals surface area contributed by atoms with Gasteiger partial charge >= 0.3 is 0 Å². The minimum atomic E-state index is 0.0231. The van der Waals surface area contributed by atoms with Gasteiger partial charge < -0.3 is 4.90 Å². The topological polar surface area (TPSA) is 33.2 Å². The molecule has 1 aromatic heterocycles. The second-order valence-electron chi connectivity index (χ2n) is 2.89. The Labute approximate surface area is 85.8 Å². The number of carbonyl (C=O) groups is 1. The normalized spacial score (nSPS) is 8.64. The number of nitrogens with zero attached hydrogens (tertiary/aromatic N) is 2. The molecule has 1 rings (SSSR count). The summed E-state index contributed by atoms with van der Waals surface area (Å²) in [5.74, 6) is 0.0231. The average molecular weight is 194 g/mol. The molecule has 0 N–H and O–H groups in total. The summed E-state index contributed by atoms with van der Waals surface area (Å²) in [4.78, 5) is 16.9. The first-order chi connectivity index (χ1) is 6.63. The zero-order chi connectivity index (χ0) is 11.1. The third-order valence-corrected chi connectivity index (χ3v) is 1.66. The van der Waals surface area contributed by atoms with Crippen LogP contribution in [0.15, 0.2) is 18.5 Å². The molecule has 0 radical (unpaired) electrons. The third kappa shape index (κ3) is 3.17. The molecule has 78 valence electrons. The van der Waals surface area contributed by atoms with Gasteiger partial charge in [-0.3, -0.25) is 9.78 Å². The van der Waals surface area contributed by atoms with Crippen LogP contribution in [-0.4, -0.2) is 29.9 Å². The molecule has 1 heterocycles. The van der Waals surface area contributed by atoms with Crippen LogP contribution in [0, 0.1) is 6.92 Å². The molecular weight excluding hydrogens is 176 g/mol. The van der Waals surface area contributed by atoms with Crippen molar-refractivity contribution in [2.45, 2.75) is 20.8 Å². The van der Waals surface area contributed by atoms with Gasteiger partial charge in [0, 0.05) is 32.1 Å². The van der Waals surface area contributed by atoms with E-state index in [1.807, 2.05) is 20.8 Å². The molecule has 0 unspecified atom stereocenters. The molecular formula is C11H18N2O. The molecule has 1 aromatic rings. The van der Waals surface area contributed by atoms with Crippen molar-refractivity contribution in [3.63, 3.8) is 0 Å². The predicted molar refractivity (Wildman–Crippen MR) is 58.3 cm³/mol. The first-order valence-electron chi connectivity index (χ1n) is 4.75. The second-order valence-corrected chi connectivity index (χ2v) is 2.89. The van der Waals surface area contributed by atoms with Crippen LogP contribution < -0.4 is 0 Å². The summed E-state index contributed by atoms with van der Waals surface area (Å²) in [5, 5.41) is 0. The van der Waals surface area contributed by atoms with Crippen LogP contribution in [0.1, 0.15) is 29.8 Å². The maximum atomic E-state index is 11.5. The van der Waals surface area contributed by atoms with Gasteiger partial charge in [0.2, 0.25) is 0 Å². The standard InChI is InChI=1S/C9H12N2O.C2H6/c1-7-6-10-5-4-8(7)9(12)11(2)3;1-2/h4-6H,1-3H3;1-2H3. The van der Waals surface area contributed by atoms with Crippen molar-refractivity contribution >= 4 is 5.91 Å². The van der Waals surface area contributed by atoms with E-state index in [-0.39, 0.29) is 5.91 Å². The fourth-order valence-corrected chi connectivity index (χ4v) is 0.954. The van der Waals surface area contributed by atoms with Crippen LogP contribution in [0.4, 0.5) is 0 Å². The highest BCUT2D eigenvalue weighted by Crippen LogP contribution is 2.06. The van der Waals surface area contributed by atoms with E-state index in [0.29, 0.717) is 0 Å². The van der Waals surface area contributed by atoms with Crippen molar-refractivity contribution in [1.82, 2.24) is 9.88 Å². The minimum absolute atomic E-state index is 0.0231. The highest BCUT2D eigenvalue weighted by atomic mass is 16.2. The number of carbonyl (C=O) groups excluding carboxylic acids is 1. The van der Waals surface area contributed by atoms with Crippen molar-refractivity contribution < 1.29 is 4.79 Å². The van der Waals surface area contributed by atoms with E-state index in [4.69, 9.17) is 0 Å². The molecule has 0 aliphatic heterocycles. The van der Waals surface area contributed by atoms with Crippen LogP contribution in [-0.2, 0) is 0 Å². The van der Waals surface area contributed by atoms with Crippen molar-refractivity contribution in [3.05, 3.63) is 29.6 Å². The van der Waals surface area contributed by atoms with Gasteiger partial charge in [-0.2, -0.15) is 0 Å². The van der Waals surface area contributed by atoms with Crippen molar-refractivity contribution in [2.75, 3.05) is 14.1 Å². The zero-order valence-corrected chi connectivity index (χ0v) is 9.53. The Kier molecular flexibility index (Phi) is 5.53. The summed E-state index contributed by atoms with van der Waals surface area (Å²) in [6.45, 7) is 5.88. The van der Waals surface area contributed by atoms with Crippen LogP contribution in [0.5, 0.6) is 0 Å². The number of rotatable bonds is 1. The summed E-state index contributed by atoms with van der Waals surface area (Å²) in [5.41, 5.74) is 1.63. The Balaban J connectivity index is 0.000000791. The average Bonchev–Trinajstić information content (AvgIpc) is 2.20. The Bertz CT molecular complexity index is 295. The Morgan fingerprint density at radius 2 is 1.93 bits per heavy atom. The van der Waals surface area contributed by atoms with Gasteiger partial charge in [0.15, 0.2) is 0 Å². The molecule has 0 aromatic carbocycles. The van der Waals surface area contributed by atoms with Gasteiger partial charge in [-0.15, -0.1) is 0 Å². The fourth-order valence-electron chi connectivity index (χ4n) is 0.954. The first-order valence-corrected chi connectivity index (χ1v) is 4.75. The highest BCUT2D eigenvalue weighted by molar-refractivity contribution is 5.95. The lowest BCUT2D eigenvalue weighted by atomic mass is 10.1. The van der Waals surface area contributed by atoms with E-state index in [1.54, 1.807) is 37.5 Å². The molecule has 0 bridgehead atoms. The van der Waals surface area contributed by atoms with E-state index in [0.717, 1.165) is 11.1 Å².